The molecule has 5 nitrogen and oxygen atoms in total. The van der Waals surface area contributed by atoms with Gasteiger partial charge in [0.25, 0.3) is 5.91 Å². The molecule has 1 aromatic carbocycles. The van der Waals surface area contributed by atoms with Gasteiger partial charge in [0, 0.05) is 35.4 Å². The van der Waals surface area contributed by atoms with Gasteiger partial charge in [0.15, 0.2) is 5.76 Å². The molecule has 1 heterocycles. The summed E-state index contributed by atoms with van der Waals surface area (Å²) >= 11 is 3.43. The van der Waals surface area contributed by atoms with Crippen molar-refractivity contribution < 1.29 is 18.7 Å². The normalized spacial score (nSPS) is 11.6. The van der Waals surface area contributed by atoms with E-state index in [1.807, 2.05) is 45.9 Å². The number of furan rings is 1. The molecule has 0 fully saturated rings. The molecule has 136 valence electrons. The van der Waals surface area contributed by atoms with Crippen LogP contribution in [0.25, 0.3) is 11.0 Å². The van der Waals surface area contributed by atoms with Crippen molar-refractivity contribution in [3.05, 3.63) is 34.0 Å². The minimum absolute atomic E-state index is 0.186. The second-order valence-electron chi connectivity index (χ2n) is 7.11. The van der Waals surface area contributed by atoms with Gasteiger partial charge < -0.3 is 14.1 Å². The first-order valence-electron chi connectivity index (χ1n) is 8.24. The molecule has 0 saturated carbocycles. The number of aryl methyl sites for hydroxylation is 1. The Balaban J connectivity index is 1.98. The summed E-state index contributed by atoms with van der Waals surface area (Å²) in [5.41, 5.74) is 1.02. The van der Waals surface area contributed by atoms with E-state index in [-0.39, 0.29) is 18.3 Å². The largest absolute Gasteiger partial charge is 0.460 e. The van der Waals surface area contributed by atoms with E-state index in [2.05, 4.69) is 15.9 Å². The first-order chi connectivity index (χ1) is 11.6. The van der Waals surface area contributed by atoms with E-state index >= 15 is 0 Å². The lowest BCUT2D eigenvalue weighted by molar-refractivity contribution is -0.154. The fraction of sp³-hybridized carbons (Fsp3) is 0.474. The molecule has 1 amide bonds. The van der Waals surface area contributed by atoms with Crippen LogP contribution in [0.1, 0.15) is 49.7 Å². The van der Waals surface area contributed by atoms with Gasteiger partial charge in [-0.25, -0.2) is 0 Å². The maximum atomic E-state index is 12.6. The smallest absolute Gasteiger partial charge is 0.306 e. The number of benzene rings is 1. The number of amides is 1. The summed E-state index contributed by atoms with van der Waals surface area (Å²) in [4.78, 5) is 25.9. The lowest BCUT2D eigenvalue weighted by Crippen LogP contribution is -2.29. The van der Waals surface area contributed by atoms with E-state index in [0.29, 0.717) is 24.3 Å². The molecule has 0 radical (unpaired) electrons. The summed E-state index contributed by atoms with van der Waals surface area (Å²) in [5.74, 6) is -0.0972. The Kier molecular flexibility index (Phi) is 5.93. The monoisotopic (exact) mass is 409 g/mol. The molecule has 2 aromatic rings. The zero-order valence-electron chi connectivity index (χ0n) is 15.3. The molecule has 0 aliphatic rings. The van der Waals surface area contributed by atoms with Gasteiger partial charge in [-0.15, -0.1) is 0 Å². The van der Waals surface area contributed by atoms with Crippen molar-refractivity contribution in [2.45, 2.75) is 46.1 Å². The van der Waals surface area contributed by atoms with Crippen molar-refractivity contribution in [2.24, 2.45) is 0 Å². The highest BCUT2D eigenvalue weighted by Gasteiger charge is 2.22. The quantitative estimate of drug-likeness (QED) is 0.671. The molecule has 2 rings (SSSR count). The molecule has 0 saturated heterocycles. The Labute approximate surface area is 156 Å². The Morgan fingerprint density at radius 1 is 1.28 bits per heavy atom. The van der Waals surface area contributed by atoms with Gasteiger partial charge >= 0.3 is 5.97 Å². The number of fused-ring (bicyclic) bond motifs is 1. The Morgan fingerprint density at radius 3 is 2.60 bits per heavy atom. The highest BCUT2D eigenvalue weighted by Crippen LogP contribution is 2.28. The van der Waals surface area contributed by atoms with Gasteiger partial charge in [-0.1, -0.05) is 15.9 Å². The third-order valence-corrected chi connectivity index (χ3v) is 4.23. The number of halogens is 1. The number of nitrogens with zero attached hydrogens (tertiary/aromatic N) is 1. The zero-order valence-corrected chi connectivity index (χ0v) is 16.9. The zero-order chi connectivity index (χ0) is 18.8. The van der Waals surface area contributed by atoms with Crippen LogP contribution in [0.5, 0.6) is 0 Å². The van der Waals surface area contributed by atoms with Gasteiger partial charge in [-0.2, -0.15) is 0 Å². The average molecular weight is 410 g/mol. The van der Waals surface area contributed by atoms with Gasteiger partial charge in [0.1, 0.15) is 11.2 Å². The molecular formula is C19H24BrNO4. The maximum absolute atomic E-state index is 12.6. The molecule has 0 unspecified atom stereocenters. The number of rotatable bonds is 5. The first-order valence-corrected chi connectivity index (χ1v) is 9.04. The summed E-state index contributed by atoms with van der Waals surface area (Å²) in [6.45, 7) is 7.84. The lowest BCUT2D eigenvalue weighted by Gasteiger charge is -2.20. The van der Waals surface area contributed by atoms with Crippen molar-refractivity contribution in [1.29, 1.82) is 0 Å². The van der Waals surface area contributed by atoms with Crippen LogP contribution in [0.3, 0.4) is 0 Å². The SMILES string of the molecule is Cc1c(C(=O)N(C)CCCC(=O)OC(C)(C)C)oc2ccc(Br)cc12. The Morgan fingerprint density at radius 2 is 1.96 bits per heavy atom. The van der Waals surface area contributed by atoms with Crippen LogP contribution < -0.4 is 0 Å². The van der Waals surface area contributed by atoms with Crippen LogP contribution in [0.4, 0.5) is 0 Å². The van der Waals surface area contributed by atoms with Crippen molar-refractivity contribution in [3.63, 3.8) is 0 Å². The predicted octanol–water partition coefficient (Wildman–Crippen LogP) is 4.70. The molecule has 0 aliphatic heterocycles. The summed E-state index contributed by atoms with van der Waals surface area (Å²) in [5, 5.41) is 0.917. The molecule has 1 aromatic heterocycles. The van der Waals surface area contributed by atoms with E-state index < -0.39 is 5.60 Å². The van der Waals surface area contributed by atoms with Crippen LogP contribution in [-0.4, -0.2) is 36.0 Å². The predicted molar refractivity (Wildman–Crippen MR) is 101 cm³/mol. The fourth-order valence-electron chi connectivity index (χ4n) is 2.53. The number of carbonyl (C=O) groups excluding carboxylic acids is 2. The van der Waals surface area contributed by atoms with E-state index in [0.717, 1.165) is 15.4 Å². The Bertz CT molecular complexity index is 789. The van der Waals surface area contributed by atoms with Crippen molar-refractivity contribution in [1.82, 2.24) is 4.90 Å². The van der Waals surface area contributed by atoms with Gasteiger partial charge in [0.2, 0.25) is 0 Å². The molecule has 0 spiro atoms. The molecule has 0 N–H and O–H groups in total. The Hall–Kier alpha value is -1.82. The maximum Gasteiger partial charge on any atom is 0.306 e. The van der Waals surface area contributed by atoms with E-state index in [1.54, 1.807) is 11.9 Å². The first kappa shape index (κ1) is 19.5. The average Bonchev–Trinajstić information content (AvgIpc) is 2.81. The number of esters is 1. The number of ether oxygens (including phenoxy) is 1. The van der Waals surface area contributed by atoms with E-state index in [9.17, 15) is 9.59 Å². The second kappa shape index (κ2) is 7.60. The minimum atomic E-state index is -0.488. The summed E-state index contributed by atoms with van der Waals surface area (Å²) in [6.07, 6.45) is 0.822. The molecule has 25 heavy (non-hydrogen) atoms. The van der Waals surface area contributed by atoms with Crippen LogP contribution in [0.15, 0.2) is 27.1 Å². The van der Waals surface area contributed by atoms with Crippen LogP contribution in [0, 0.1) is 6.92 Å². The number of hydrogen-bond donors (Lipinski definition) is 0. The summed E-state index contributed by atoms with van der Waals surface area (Å²) in [7, 11) is 1.71. The van der Waals surface area contributed by atoms with Gasteiger partial charge in [0.05, 0.1) is 0 Å². The minimum Gasteiger partial charge on any atom is -0.460 e. The fourth-order valence-corrected chi connectivity index (χ4v) is 2.89. The molecular weight excluding hydrogens is 386 g/mol. The second-order valence-corrected chi connectivity index (χ2v) is 8.03. The molecule has 0 atom stereocenters. The number of carbonyl (C=O) groups is 2. The van der Waals surface area contributed by atoms with Gasteiger partial charge in [-0.05, 0) is 52.3 Å². The van der Waals surface area contributed by atoms with Crippen molar-refractivity contribution in [2.75, 3.05) is 13.6 Å². The topological polar surface area (TPSA) is 59.8 Å². The lowest BCUT2D eigenvalue weighted by atomic mass is 10.1. The molecule has 0 bridgehead atoms. The van der Waals surface area contributed by atoms with Crippen LogP contribution in [-0.2, 0) is 9.53 Å². The van der Waals surface area contributed by atoms with Gasteiger partial charge in [-0.3, -0.25) is 9.59 Å². The van der Waals surface area contributed by atoms with Crippen molar-refractivity contribution >= 4 is 38.8 Å². The summed E-state index contributed by atoms with van der Waals surface area (Å²) < 4.78 is 11.9. The third kappa shape index (κ3) is 5.08. The molecule has 6 heteroatoms. The summed E-state index contributed by atoms with van der Waals surface area (Å²) in [6, 6.07) is 5.66. The van der Waals surface area contributed by atoms with Crippen molar-refractivity contribution in [3.8, 4) is 0 Å². The highest BCUT2D eigenvalue weighted by atomic mass is 79.9. The van der Waals surface area contributed by atoms with E-state index in [4.69, 9.17) is 9.15 Å². The standard InChI is InChI=1S/C19H24BrNO4/c1-12-14-11-13(20)8-9-15(14)24-17(12)18(23)21(5)10-6-7-16(22)25-19(2,3)4/h8-9,11H,6-7,10H2,1-5H3. The third-order valence-electron chi connectivity index (χ3n) is 3.73. The molecule has 0 aliphatic carbocycles. The van der Waals surface area contributed by atoms with E-state index in [1.165, 1.54) is 0 Å². The van der Waals surface area contributed by atoms with Crippen LogP contribution >= 0.6 is 15.9 Å². The highest BCUT2D eigenvalue weighted by molar-refractivity contribution is 9.10. The van der Waals surface area contributed by atoms with Crippen LogP contribution in [0.2, 0.25) is 0 Å². The number of hydrogen-bond acceptors (Lipinski definition) is 4.